The van der Waals surface area contributed by atoms with Gasteiger partial charge in [0, 0.05) is 18.8 Å². The number of nitrogens with zero attached hydrogens (tertiary/aromatic N) is 4. The zero-order valence-electron chi connectivity index (χ0n) is 10.3. The molecule has 0 spiro atoms. The third kappa shape index (κ3) is 3.67. The smallest absolute Gasteiger partial charge is 0.0869 e. The lowest BCUT2D eigenvalue weighted by molar-refractivity contribution is 0.293. The van der Waals surface area contributed by atoms with Gasteiger partial charge in [-0.2, -0.15) is 10.4 Å². The molecule has 0 unspecified atom stereocenters. The topological polar surface area (TPSA) is 44.9 Å². The second-order valence-corrected chi connectivity index (χ2v) is 4.25. The van der Waals surface area contributed by atoms with Gasteiger partial charge in [0.05, 0.1) is 18.3 Å². The third-order valence-corrected chi connectivity index (χ3v) is 2.41. The van der Waals surface area contributed by atoms with E-state index in [1.807, 2.05) is 16.9 Å². The van der Waals surface area contributed by atoms with Gasteiger partial charge in [0.25, 0.3) is 0 Å². The van der Waals surface area contributed by atoms with Crippen molar-refractivity contribution in [3.63, 3.8) is 0 Å². The van der Waals surface area contributed by atoms with E-state index in [-0.39, 0.29) is 0 Å². The summed E-state index contributed by atoms with van der Waals surface area (Å²) in [5.74, 6) is 0. The molecule has 0 N–H and O–H groups in total. The Labute approximate surface area is 97.5 Å². The van der Waals surface area contributed by atoms with Gasteiger partial charge in [-0.3, -0.25) is 9.58 Å². The molecule has 0 radical (unpaired) electrons. The van der Waals surface area contributed by atoms with Gasteiger partial charge in [-0.1, -0.05) is 6.92 Å². The van der Waals surface area contributed by atoms with Crippen molar-refractivity contribution in [2.75, 3.05) is 13.1 Å². The summed E-state index contributed by atoms with van der Waals surface area (Å²) >= 11 is 0. The molecule has 0 atom stereocenters. The Balaban J connectivity index is 2.59. The molecule has 1 heterocycles. The standard InChI is InChI=1S/C12H20N4/c1-4-7-15(9-6-13)10-12-5-8-16(14-12)11(2)3/h5,8,11H,4,7,9-10H2,1-3H3. The van der Waals surface area contributed by atoms with Crippen LogP contribution in [0.5, 0.6) is 0 Å². The highest BCUT2D eigenvalue weighted by molar-refractivity contribution is 5.00. The van der Waals surface area contributed by atoms with Gasteiger partial charge in [-0.15, -0.1) is 0 Å². The molecule has 0 aliphatic carbocycles. The van der Waals surface area contributed by atoms with Crippen LogP contribution in [-0.2, 0) is 6.54 Å². The summed E-state index contributed by atoms with van der Waals surface area (Å²) in [5.41, 5.74) is 1.04. The maximum Gasteiger partial charge on any atom is 0.0869 e. The predicted molar refractivity (Wildman–Crippen MR) is 63.8 cm³/mol. The lowest BCUT2D eigenvalue weighted by atomic mass is 10.3. The average Bonchev–Trinajstić information content (AvgIpc) is 2.67. The van der Waals surface area contributed by atoms with Crippen molar-refractivity contribution >= 4 is 0 Å². The SMILES string of the molecule is CCCN(CC#N)Cc1ccn(C(C)C)n1. The van der Waals surface area contributed by atoms with Gasteiger partial charge in [-0.05, 0) is 32.9 Å². The van der Waals surface area contributed by atoms with Crippen LogP contribution in [0.4, 0.5) is 0 Å². The normalized spacial score (nSPS) is 11.0. The first kappa shape index (κ1) is 12.7. The van der Waals surface area contributed by atoms with Gasteiger partial charge < -0.3 is 0 Å². The molecule has 1 rings (SSSR count). The molecular formula is C12H20N4. The van der Waals surface area contributed by atoms with Gasteiger partial charge in [0.2, 0.25) is 0 Å². The fraction of sp³-hybridized carbons (Fsp3) is 0.667. The Morgan fingerprint density at radius 1 is 1.56 bits per heavy atom. The molecule has 0 aliphatic rings. The van der Waals surface area contributed by atoms with Crippen LogP contribution in [-0.4, -0.2) is 27.8 Å². The Kier molecular flexibility index (Phi) is 5.00. The van der Waals surface area contributed by atoms with Gasteiger partial charge in [-0.25, -0.2) is 0 Å². The van der Waals surface area contributed by atoms with E-state index in [2.05, 4.69) is 36.8 Å². The van der Waals surface area contributed by atoms with Crippen LogP contribution >= 0.6 is 0 Å². The molecule has 0 aliphatic heterocycles. The second kappa shape index (κ2) is 6.29. The first-order valence-corrected chi connectivity index (χ1v) is 5.80. The Morgan fingerprint density at radius 2 is 2.31 bits per heavy atom. The van der Waals surface area contributed by atoms with E-state index in [4.69, 9.17) is 5.26 Å². The Morgan fingerprint density at radius 3 is 2.81 bits per heavy atom. The van der Waals surface area contributed by atoms with Crippen LogP contribution < -0.4 is 0 Å². The summed E-state index contributed by atoms with van der Waals surface area (Å²) in [7, 11) is 0. The van der Waals surface area contributed by atoms with Crippen molar-refractivity contribution in [3.05, 3.63) is 18.0 Å². The lowest BCUT2D eigenvalue weighted by Crippen LogP contribution is -2.24. The minimum atomic E-state index is 0.393. The predicted octanol–water partition coefficient (Wildman–Crippen LogP) is 2.20. The molecule has 0 amide bonds. The summed E-state index contributed by atoms with van der Waals surface area (Å²) in [6.45, 7) is 8.52. The summed E-state index contributed by atoms with van der Waals surface area (Å²) in [6.07, 6.45) is 3.06. The molecule has 1 aromatic rings. The van der Waals surface area contributed by atoms with Crippen molar-refractivity contribution in [1.29, 1.82) is 5.26 Å². The van der Waals surface area contributed by atoms with E-state index in [0.29, 0.717) is 12.6 Å². The third-order valence-electron chi connectivity index (χ3n) is 2.41. The molecule has 0 saturated heterocycles. The monoisotopic (exact) mass is 220 g/mol. The number of hydrogen-bond acceptors (Lipinski definition) is 3. The van der Waals surface area contributed by atoms with Crippen LogP contribution in [0.2, 0.25) is 0 Å². The maximum absolute atomic E-state index is 8.72. The van der Waals surface area contributed by atoms with Crippen molar-refractivity contribution in [1.82, 2.24) is 14.7 Å². The number of hydrogen-bond donors (Lipinski definition) is 0. The molecule has 4 heteroatoms. The second-order valence-electron chi connectivity index (χ2n) is 4.25. The van der Waals surface area contributed by atoms with Gasteiger partial charge in [0.1, 0.15) is 0 Å². The Hall–Kier alpha value is -1.34. The molecule has 4 nitrogen and oxygen atoms in total. The molecular weight excluding hydrogens is 200 g/mol. The summed E-state index contributed by atoms with van der Waals surface area (Å²) in [5, 5.41) is 13.2. The molecule has 0 fully saturated rings. The molecule has 0 aromatic carbocycles. The number of rotatable bonds is 6. The average molecular weight is 220 g/mol. The van der Waals surface area contributed by atoms with Crippen molar-refractivity contribution < 1.29 is 0 Å². The summed E-state index contributed by atoms with van der Waals surface area (Å²) in [4.78, 5) is 2.12. The zero-order valence-corrected chi connectivity index (χ0v) is 10.3. The highest BCUT2D eigenvalue weighted by Gasteiger charge is 2.07. The molecule has 0 bridgehead atoms. The Bertz CT molecular complexity index is 348. The van der Waals surface area contributed by atoms with Crippen LogP contribution in [0.3, 0.4) is 0 Å². The minimum Gasteiger partial charge on any atom is -0.285 e. The molecule has 0 saturated carbocycles. The first-order valence-electron chi connectivity index (χ1n) is 5.80. The fourth-order valence-electron chi connectivity index (χ4n) is 1.61. The molecule has 1 aromatic heterocycles. The van der Waals surface area contributed by atoms with E-state index in [1.54, 1.807) is 0 Å². The highest BCUT2D eigenvalue weighted by Crippen LogP contribution is 2.07. The quantitative estimate of drug-likeness (QED) is 0.690. The minimum absolute atomic E-state index is 0.393. The lowest BCUT2D eigenvalue weighted by Gasteiger charge is -2.16. The highest BCUT2D eigenvalue weighted by atomic mass is 15.3. The molecule has 16 heavy (non-hydrogen) atoms. The van der Waals surface area contributed by atoms with E-state index in [0.717, 1.165) is 25.2 Å². The van der Waals surface area contributed by atoms with E-state index in [9.17, 15) is 0 Å². The summed E-state index contributed by atoms with van der Waals surface area (Å²) in [6, 6.07) is 4.61. The summed E-state index contributed by atoms with van der Waals surface area (Å²) < 4.78 is 1.95. The first-order chi connectivity index (χ1) is 7.67. The van der Waals surface area contributed by atoms with Gasteiger partial charge in [0.15, 0.2) is 0 Å². The zero-order chi connectivity index (χ0) is 12.0. The van der Waals surface area contributed by atoms with Crippen LogP contribution in [0.1, 0.15) is 38.9 Å². The number of nitriles is 1. The van der Waals surface area contributed by atoms with Crippen molar-refractivity contribution in [2.24, 2.45) is 0 Å². The van der Waals surface area contributed by atoms with E-state index >= 15 is 0 Å². The van der Waals surface area contributed by atoms with E-state index < -0.39 is 0 Å². The van der Waals surface area contributed by atoms with Crippen LogP contribution in [0.25, 0.3) is 0 Å². The van der Waals surface area contributed by atoms with E-state index in [1.165, 1.54) is 0 Å². The molecule has 88 valence electrons. The number of aromatic nitrogens is 2. The van der Waals surface area contributed by atoms with Crippen LogP contribution in [0.15, 0.2) is 12.3 Å². The largest absolute Gasteiger partial charge is 0.285 e. The fourth-order valence-corrected chi connectivity index (χ4v) is 1.61. The van der Waals surface area contributed by atoms with Gasteiger partial charge >= 0.3 is 0 Å². The van der Waals surface area contributed by atoms with Crippen LogP contribution in [0, 0.1) is 11.3 Å². The van der Waals surface area contributed by atoms with Crippen molar-refractivity contribution in [3.8, 4) is 6.07 Å². The maximum atomic E-state index is 8.72. The van der Waals surface area contributed by atoms with Crippen molar-refractivity contribution in [2.45, 2.75) is 39.8 Å².